The van der Waals surface area contributed by atoms with Crippen LogP contribution in [0.3, 0.4) is 0 Å². The van der Waals surface area contributed by atoms with E-state index in [1.807, 2.05) is 36.4 Å². The van der Waals surface area contributed by atoms with Gasteiger partial charge in [-0.25, -0.2) is 19.3 Å². The lowest BCUT2D eigenvalue weighted by atomic mass is 9.87. The molecule has 0 saturated heterocycles. The molecule has 1 N–H and O–H groups in total. The number of nitrogens with zero attached hydrogens (tertiary/aromatic N) is 3. The maximum atomic E-state index is 14.6. The summed E-state index contributed by atoms with van der Waals surface area (Å²) >= 11 is 0. The van der Waals surface area contributed by atoms with Crippen molar-refractivity contribution in [3.8, 4) is 28.3 Å². The average Bonchev–Trinajstić information content (AvgIpc) is 2.76. The van der Waals surface area contributed by atoms with Crippen LogP contribution in [0.1, 0.15) is 32.6 Å². The molecule has 0 atom stereocenters. The maximum Gasteiger partial charge on any atom is 0.223 e. The van der Waals surface area contributed by atoms with Crippen LogP contribution in [0.4, 0.5) is 10.3 Å². The van der Waals surface area contributed by atoms with Crippen molar-refractivity contribution in [3.63, 3.8) is 0 Å². The van der Waals surface area contributed by atoms with E-state index < -0.39 is 5.82 Å². The van der Waals surface area contributed by atoms with Crippen LogP contribution in [0.2, 0.25) is 0 Å². The van der Waals surface area contributed by atoms with Gasteiger partial charge in [0.2, 0.25) is 11.8 Å². The Morgan fingerprint density at radius 2 is 1.83 bits per heavy atom. The normalized spacial score (nSPS) is 19.0. The molecule has 1 aliphatic rings. The van der Waals surface area contributed by atoms with E-state index in [0.717, 1.165) is 29.9 Å². The van der Waals surface area contributed by atoms with Crippen molar-refractivity contribution in [2.45, 2.75) is 38.6 Å². The highest BCUT2D eigenvalue weighted by Crippen LogP contribution is 2.32. The van der Waals surface area contributed by atoms with Gasteiger partial charge in [0.1, 0.15) is 5.69 Å². The van der Waals surface area contributed by atoms with Crippen LogP contribution >= 0.6 is 0 Å². The first-order valence-electron chi connectivity index (χ1n) is 10.0. The van der Waals surface area contributed by atoms with E-state index in [4.69, 9.17) is 4.74 Å². The molecule has 1 aliphatic carbocycles. The quantitative estimate of drug-likeness (QED) is 0.635. The molecule has 0 aliphatic heterocycles. The third kappa shape index (κ3) is 4.36. The fraction of sp³-hybridized carbons (Fsp3) is 0.348. The van der Waals surface area contributed by atoms with E-state index in [0.29, 0.717) is 23.4 Å². The van der Waals surface area contributed by atoms with Crippen molar-refractivity contribution in [2.75, 3.05) is 12.4 Å². The van der Waals surface area contributed by atoms with Gasteiger partial charge >= 0.3 is 0 Å². The van der Waals surface area contributed by atoms with E-state index in [1.54, 1.807) is 13.3 Å². The smallest absolute Gasteiger partial charge is 0.223 e. The van der Waals surface area contributed by atoms with Crippen molar-refractivity contribution >= 4 is 5.95 Å². The van der Waals surface area contributed by atoms with Crippen LogP contribution in [0, 0.1) is 11.7 Å². The zero-order valence-corrected chi connectivity index (χ0v) is 16.7. The second-order valence-corrected chi connectivity index (χ2v) is 7.63. The fourth-order valence-corrected chi connectivity index (χ4v) is 3.83. The molecule has 0 unspecified atom stereocenters. The number of halogens is 1. The third-order valence-electron chi connectivity index (χ3n) is 5.50. The maximum absolute atomic E-state index is 14.6. The van der Waals surface area contributed by atoms with Crippen LogP contribution in [0.5, 0.6) is 5.88 Å². The van der Waals surface area contributed by atoms with Crippen LogP contribution in [-0.2, 0) is 0 Å². The van der Waals surface area contributed by atoms with Crippen LogP contribution in [0.25, 0.3) is 22.4 Å². The van der Waals surface area contributed by atoms with Crippen LogP contribution < -0.4 is 10.1 Å². The topological polar surface area (TPSA) is 59.9 Å². The Labute approximate surface area is 170 Å². The molecule has 4 rings (SSSR count). The zero-order valence-electron chi connectivity index (χ0n) is 16.7. The van der Waals surface area contributed by atoms with Crippen molar-refractivity contribution in [1.82, 2.24) is 15.0 Å². The highest BCUT2D eigenvalue weighted by molar-refractivity contribution is 5.74. The summed E-state index contributed by atoms with van der Waals surface area (Å²) in [5.74, 6) is 1.33. The standard InChI is InChI=1S/C23H25FN4O/c1-15-8-10-18(11-9-15)27-23-26-14-20(24)21(28-23)17-6-3-5-16(13-17)19-7-4-12-25-22(19)29-2/h3-7,12-15,18H,8-11H2,1-2H3,(H,26,27,28)/t15-,18-. The molecule has 0 spiro atoms. The first kappa shape index (κ1) is 19.3. The third-order valence-corrected chi connectivity index (χ3v) is 5.50. The first-order valence-corrected chi connectivity index (χ1v) is 10.0. The molecule has 29 heavy (non-hydrogen) atoms. The van der Waals surface area contributed by atoms with E-state index >= 15 is 0 Å². The van der Waals surface area contributed by atoms with Gasteiger partial charge in [0.25, 0.3) is 0 Å². The zero-order chi connectivity index (χ0) is 20.2. The second kappa shape index (κ2) is 8.55. The predicted octanol–water partition coefficient (Wildman–Crippen LogP) is 5.34. The summed E-state index contributed by atoms with van der Waals surface area (Å²) in [5, 5.41) is 3.38. The van der Waals surface area contributed by atoms with Gasteiger partial charge in [0, 0.05) is 23.4 Å². The van der Waals surface area contributed by atoms with Crippen molar-refractivity contribution in [3.05, 3.63) is 54.6 Å². The molecular weight excluding hydrogens is 367 g/mol. The monoisotopic (exact) mass is 392 g/mol. The minimum atomic E-state index is -0.442. The molecule has 0 bridgehead atoms. The number of hydrogen-bond acceptors (Lipinski definition) is 5. The number of rotatable bonds is 5. The lowest BCUT2D eigenvalue weighted by molar-refractivity contribution is 0.360. The molecule has 3 aromatic rings. The van der Waals surface area contributed by atoms with Crippen molar-refractivity contribution < 1.29 is 9.13 Å². The lowest BCUT2D eigenvalue weighted by Gasteiger charge is -2.26. The number of methoxy groups -OCH3 is 1. The summed E-state index contributed by atoms with van der Waals surface area (Å²) < 4.78 is 19.9. The number of pyridine rings is 1. The fourth-order valence-electron chi connectivity index (χ4n) is 3.83. The van der Waals surface area contributed by atoms with E-state index in [1.165, 1.54) is 19.0 Å². The summed E-state index contributed by atoms with van der Waals surface area (Å²) in [4.78, 5) is 12.9. The number of hydrogen-bond donors (Lipinski definition) is 1. The number of ether oxygens (including phenoxy) is 1. The van der Waals surface area contributed by atoms with Gasteiger partial charge in [-0.1, -0.05) is 25.1 Å². The minimum Gasteiger partial charge on any atom is -0.481 e. The van der Waals surface area contributed by atoms with E-state index in [-0.39, 0.29) is 5.69 Å². The predicted molar refractivity (Wildman–Crippen MR) is 112 cm³/mol. The molecule has 1 fully saturated rings. The largest absolute Gasteiger partial charge is 0.481 e. The molecule has 2 heterocycles. The first-order chi connectivity index (χ1) is 14.1. The minimum absolute atomic E-state index is 0.288. The number of anilines is 1. The number of aromatic nitrogens is 3. The summed E-state index contributed by atoms with van der Waals surface area (Å²) in [6.07, 6.45) is 7.50. The molecule has 0 radical (unpaired) electrons. The Morgan fingerprint density at radius 3 is 2.62 bits per heavy atom. The number of nitrogens with one attached hydrogen (secondary N) is 1. The van der Waals surface area contributed by atoms with Crippen LogP contribution in [-0.4, -0.2) is 28.1 Å². The highest BCUT2D eigenvalue weighted by Gasteiger charge is 2.19. The Morgan fingerprint density at radius 1 is 1.03 bits per heavy atom. The molecule has 150 valence electrons. The Hall–Kier alpha value is -3.02. The Kier molecular flexibility index (Phi) is 5.69. The SMILES string of the molecule is COc1ncccc1-c1cccc(-c2nc(N[C@H]3CC[C@H](C)CC3)ncc2F)c1. The van der Waals surface area contributed by atoms with Gasteiger partial charge in [-0.2, -0.15) is 0 Å². The van der Waals surface area contributed by atoms with Gasteiger partial charge in [-0.05, 0) is 55.4 Å². The van der Waals surface area contributed by atoms with Crippen molar-refractivity contribution in [2.24, 2.45) is 5.92 Å². The van der Waals surface area contributed by atoms with Gasteiger partial charge < -0.3 is 10.1 Å². The van der Waals surface area contributed by atoms with E-state index in [2.05, 4.69) is 27.2 Å². The summed E-state index contributed by atoms with van der Waals surface area (Å²) in [6, 6.07) is 11.7. The van der Waals surface area contributed by atoms with Crippen molar-refractivity contribution in [1.29, 1.82) is 0 Å². The molecule has 1 aromatic carbocycles. The molecular formula is C23H25FN4O. The molecule has 1 saturated carbocycles. The average molecular weight is 392 g/mol. The van der Waals surface area contributed by atoms with Crippen LogP contribution in [0.15, 0.2) is 48.8 Å². The van der Waals surface area contributed by atoms with Gasteiger partial charge in [-0.3, -0.25) is 0 Å². The Balaban J connectivity index is 1.63. The lowest BCUT2D eigenvalue weighted by Crippen LogP contribution is -2.26. The van der Waals surface area contributed by atoms with E-state index in [9.17, 15) is 4.39 Å². The molecule has 0 amide bonds. The summed E-state index contributed by atoms with van der Waals surface area (Å²) in [6.45, 7) is 2.28. The molecule has 6 heteroatoms. The summed E-state index contributed by atoms with van der Waals surface area (Å²) in [7, 11) is 1.59. The van der Waals surface area contributed by atoms with Gasteiger partial charge in [0.05, 0.1) is 13.3 Å². The van der Waals surface area contributed by atoms with Gasteiger partial charge in [0.15, 0.2) is 5.82 Å². The van der Waals surface area contributed by atoms with Gasteiger partial charge in [-0.15, -0.1) is 0 Å². The molecule has 5 nitrogen and oxygen atoms in total. The second-order valence-electron chi connectivity index (χ2n) is 7.63. The Bertz CT molecular complexity index is 986. The summed E-state index contributed by atoms with van der Waals surface area (Å²) in [5.41, 5.74) is 2.72. The number of benzene rings is 1. The molecule has 2 aromatic heterocycles. The highest BCUT2D eigenvalue weighted by atomic mass is 19.1.